The molecule has 0 amide bonds. The molecule has 1 aromatic carbocycles. The molecule has 1 atom stereocenters. The molecule has 1 aromatic rings. The lowest BCUT2D eigenvalue weighted by atomic mass is 10.2. The van der Waals surface area contributed by atoms with Gasteiger partial charge in [-0.15, -0.1) is 0 Å². The summed E-state index contributed by atoms with van der Waals surface area (Å²) in [7, 11) is 0. The molecule has 110 valence electrons. The molecule has 0 saturated carbocycles. The van der Waals surface area contributed by atoms with E-state index in [9.17, 15) is 9.59 Å². The fourth-order valence-corrected chi connectivity index (χ4v) is 1.78. The molecule has 0 aliphatic heterocycles. The van der Waals surface area contributed by atoms with Gasteiger partial charge >= 0.3 is 12.1 Å². The highest BCUT2D eigenvalue weighted by Gasteiger charge is 2.15. The van der Waals surface area contributed by atoms with E-state index in [0.29, 0.717) is 6.61 Å². The number of ether oxygens (including phenoxy) is 3. The number of hydrogen-bond acceptors (Lipinski definition) is 5. The molecule has 20 heavy (non-hydrogen) atoms. The van der Waals surface area contributed by atoms with E-state index in [2.05, 4.69) is 22.6 Å². The Morgan fingerprint density at radius 2 is 1.85 bits per heavy atom. The first-order valence-electron chi connectivity index (χ1n) is 6.24. The van der Waals surface area contributed by atoms with Crippen LogP contribution in [0.2, 0.25) is 0 Å². The lowest BCUT2D eigenvalue weighted by molar-refractivity contribution is -0.145. The van der Waals surface area contributed by atoms with Crippen LogP contribution in [0.25, 0.3) is 0 Å². The molecule has 0 radical (unpaired) electrons. The maximum Gasteiger partial charge on any atom is 0.508 e. The van der Waals surface area contributed by atoms with Gasteiger partial charge in [0.1, 0.15) is 12.7 Å². The molecule has 0 aliphatic carbocycles. The molecule has 5 nitrogen and oxygen atoms in total. The molecule has 0 fully saturated rings. The van der Waals surface area contributed by atoms with Gasteiger partial charge in [0.05, 0.1) is 13.0 Å². The molecule has 0 bridgehead atoms. The van der Waals surface area contributed by atoms with Gasteiger partial charge in [-0.25, -0.2) is 4.79 Å². The van der Waals surface area contributed by atoms with Crippen molar-refractivity contribution in [1.82, 2.24) is 0 Å². The predicted octanol–water partition coefficient (Wildman–Crippen LogP) is 3.29. The number of hydrogen-bond donors (Lipinski definition) is 0. The zero-order valence-corrected chi connectivity index (χ0v) is 13.6. The molecule has 0 saturated heterocycles. The van der Waals surface area contributed by atoms with E-state index in [4.69, 9.17) is 14.2 Å². The van der Waals surface area contributed by atoms with Crippen molar-refractivity contribution >= 4 is 34.7 Å². The van der Waals surface area contributed by atoms with Crippen LogP contribution in [0.4, 0.5) is 4.79 Å². The van der Waals surface area contributed by atoms with Gasteiger partial charge in [-0.1, -0.05) is 12.1 Å². The van der Waals surface area contributed by atoms with Crippen molar-refractivity contribution in [3.05, 3.63) is 33.4 Å². The number of rotatable bonds is 6. The van der Waals surface area contributed by atoms with Crippen molar-refractivity contribution in [1.29, 1.82) is 0 Å². The van der Waals surface area contributed by atoms with Gasteiger partial charge in [0.2, 0.25) is 0 Å². The van der Waals surface area contributed by atoms with Crippen LogP contribution in [0.5, 0.6) is 0 Å². The highest BCUT2D eigenvalue weighted by Crippen LogP contribution is 2.09. The zero-order chi connectivity index (χ0) is 15.0. The van der Waals surface area contributed by atoms with Crippen molar-refractivity contribution in [2.45, 2.75) is 33.0 Å². The topological polar surface area (TPSA) is 61.8 Å². The maximum absolute atomic E-state index is 11.4. The summed E-state index contributed by atoms with van der Waals surface area (Å²) in [5, 5.41) is 0. The standard InChI is InChI=1S/C14H17IO5/c1-3-18-13(16)8-10(2)20-14(17)19-9-11-4-6-12(15)7-5-11/h4-7,10H,3,8-9H2,1-2H3/t10-/m1/s1. The quantitative estimate of drug-likeness (QED) is 0.549. The molecule has 0 aliphatic rings. The van der Waals surface area contributed by atoms with Gasteiger partial charge in [0, 0.05) is 3.57 Å². The van der Waals surface area contributed by atoms with Gasteiger partial charge in [-0.05, 0) is 54.1 Å². The van der Waals surface area contributed by atoms with Crippen molar-refractivity contribution in [3.63, 3.8) is 0 Å². The van der Waals surface area contributed by atoms with Gasteiger partial charge < -0.3 is 14.2 Å². The Balaban J connectivity index is 2.29. The van der Waals surface area contributed by atoms with Crippen LogP contribution in [0.1, 0.15) is 25.8 Å². The molecule has 0 N–H and O–H groups in total. The summed E-state index contributed by atoms with van der Waals surface area (Å²) in [5.74, 6) is -0.398. The second-order valence-electron chi connectivity index (χ2n) is 4.10. The van der Waals surface area contributed by atoms with Crippen LogP contribution in [0, 0.1) is 3.57 Å². The third-order valence-corrected chi connectivity index (χ3v) is 3.05. The van der Waals surface area contributed by atoms with Gasteiger partial charge in [-0.2, -0.15) is 0 Å². The Bertz CT molecular complexity index is 443. The molecule has 6 heteroatoms. The predicted molar refractivity (Wildman–Crippen MR) is 81.1 cm³/mol. The van der Waals surface area contributed by atoms with E-state index in [0.717, 1.165) is 9.13 Å². The maximum atomic E-state index is 11.4. The van der Waals surface area contributed by atoms with Crippen LogP contribution >= 0.6 is 22.6 Å². The number of halogens is 1. The normalized spacial score (nSPS) is 11.6. The van der Waals surface area contributed by atoms with Gasteiger partial charge in [0.25, 0.3) is 0 Å². The summed E-state index contributed by atoms with van der Waals surface area (Å²) < 4.78 is 15.8. The van der Waals surface area contributed by atoms with Gasteiger partial charge in [0.15, 0.2) is 0 Å². The SMILES string of the molecule is CCOC(=O)C[C@@H](C)OC(=O)OCc1ccc(I)cc1. The first kappa shape index (κ1) is 16.7. The lowest BCUT2D eigenvalue weighted by Gasteiger charge is -2.12. The Kier molecular flexibility index (Phi) is 7.35. The molecule has 0 aromatic heterocycles. The highest BCUT2D eigenvalue weighted by molar-refractivity contribution is 14.1. The average Bonchev–Trinajstić information content (AvgIpc) is 2.38. The third-order valence-electron chi connectivity index (χ3n) is 2.33. The largest absolute Gasteiger partial charge is 0.508 e. The fraction of sp³-hybridized carbons (Fsp3) is 0.429. The van der Waals surface area contributed by atoms with E-state index >= 15 is 0 Å². The molecule has 0 unspecified atom stereocenters. The number of esters is 1. The van der Waals surface area contributed by atoms with Crippen molar-refractivity contribution in [2.75, 3.05) is 6.61 Å². The summed E-state index contributed by atoms with van der Waals surface area (Å²) in [6.45, 7) is 3.78. The average molecular weight is 392 g/mol. The number of benzene rings is 1. The van der Waals surface area contributed by atoms with Gasteiger partial charge in [-0.3, -0.25) is 4.79 Å². The Morgan fingerprint density at radius 3 is 2.45 bits per heavy atom. The Morgan fingerprint density at radius 1 is 1.20 bits per heavy atom. The van der Waals surface area contributed by atoms with Crippen LogP contribution in [0.15, 0.2) is 24.3 Å². The van der Waals surface area contributed by atoms with E-state index in [1.165, 1.54) is 0 Å². The zero-order valence-electron chi connectivity index (χ0n) is 11.4. The van der Waals surface area contributed by atoms with Crippen LogP contribution in [-0.2, 0) is 25.6 Å². The lowest BCUT2D eigenvalue weighted by Crippen LogP contribution is -2.20. The third kappa shape index (κ3) is 6.74. The monoisotopic (exact) mass is 392 g/mol. The van der Waals surface area contributed by atoms with E-state index in [1.54, 1.807) is 13.8 Å². The molecular formula is C14H17IO5. The Labute approximate surface area is 131 Å². The minimum absolute atomic E-state index is 0.0203. The van der Waals surface area contributed by atoms with Crippen molar-refractivity contribution < 1.29 is 23.8 Å². The summed E-state index contributed by atoms with van der Waals surface area (Å²) >= 11 is 2.20. The van der Waals surface area contributed by atoms with Crippen LogP contribution in [-0.4, -0.2) is 24.8 Å². The van der Waals surface area contributed by atoms with Crippen LogP contribution < -0.4 is 0 Å². The van der Waals surface area contributed by atoms with Crippen LogP contribution in [0.3, 0.4) is 0 Å². The van der Waals surface area contributed by atoms with E-state index in [1.807, 2.05) is 24.3 Å². The van der Waals surface area contributed by atoms with Crippen molar-refractivity contribution in [2.24, 2.45) is 0 Å². The van der Waals surface area contributed by atoms with E-state index in [-0.39, 0.29) is 13.0 Å². The summed E-state index contributed by atoms with van der Waals surface area (Å²) in [5.41, 5.74) is 0.875. The summed E-state index contributed by atoms with van der Waals surface area (Å²) in [4.78, 5) is 22.6. The smallest absolute Gasteiger partial charge is 0.466 e. The summed E-state index contributed by atoms with van der Waals surface area (Å²) in [6, 6.07) is 7.59. The van der Waals surface area contributed by atoms with E-state index < -0.39 is 18.2 Å². The molecular weight excluding hydrogens is 375 g/mol. The van der Waals surface area contributed by atoms with Crippen molar-refractivity contribution in [3.8, 4) is 0 Å². The number of carbonyl (C=O) groups is 2. The highest BCUT2D eigenvalue weighted by atomic mass is 127. The molecule has 0 heterocycles. The minimum atomic E-state index is -0.791. The Hall–Kier alpha value is -1.31. The molecule has 0 spiro atoms. The second kappa shape index (κ2) is 8.78. The fourth-order valence-electron chi connectivity index (χ4n) is 1.42. The molecule has 1 rings (SSSR count). The first-order chi connectivity index (χ1) is 9.51. The first-order valence-corrected chi connectivity index (χ1v) is 7.32. The second-order valence-corrected chi connectivity index (χ2v) is 5.35. The number of carbonyl (C=O) groups excluding carboxylic acids is 2. The minimum Gasteiger partial charge on any atom is -0.466 e. The summed E-state index contributed by atoms with van der Waals surface area (Å²) in [6.07, 6.45) is -1.34.